The van der Waals surface area contributed by atoms with Gasteiger partial charge < -0.3 is 5.41 Å². The van der Waals surface area contributed by atoms with E-state index in [4.69, 9.17) is 28.6 Å². The van der Waals surface area contributed by atoms with Crippen molar-refractivity contribution in [3.63, 3.8) is 0 Å². The lowest BCUT2D eigenvalue weighted by Gasteiger charge is -2.01. The van der Waals surface area contributed by atoms with E-state index in [-0.39, 0.29) is 22.3 Å². The maximum atomic E-state index is 10.1. The monoisotopic (exact) mass is 247 g/mol. The summed E-state index contributed by atoms with van der Waals surface area (Å²) >= 11 is 11.3. The highest BCUT2D eigenvalue weighted by Crippen LogP contribution is 2.19. The second-order valence-corrected chi connectivity index (χ2v) is 3.65. The van der Waals surface area contributed by atoms with Crippen molar-refractivity contribution in [2.45, 2.75) is 6.42 Å². The predicted molar refractivity (Wildman–Crippen MR) is 57.5 cm³/mol. The highest BCUT2D eigenvalue weighted by Gasteiger charge is 2.08. The first-order chi connectivity index (χ1) is 6.99. The third-order valence-electron chi connectivity index (χ3n) is 1.59. The average molecular weight is 248 g/mol. The lowest BCUT2D eigenvalue weighted by molar-refractivity contribution is -0.463. The van der Waals surface area contributed by atoms with Crippen LogP contribution in [0.4, 0.5) is 0 Å². The molecule has 0 atom stereocenters. The Balaban J connectivity index is 2.69. The molecule has 80 valence electrons. The number of hydrogen-bond donors (Lipinski definition) is 1. The second-order valence-electron chi connectivity index (χ2n) is 2.89. The fourth-order valence-corrected chi connectivity index (χ4v) is 1.31. The standard InChI is InChI=1S/C8H7Cl2N3O2/c9-7-2-5(3-12-8(7)10)1-6(11)4-13(14)15/h2-3,11H,1,4H2. The van der Waals surface area contributed by atoms with Crippen molar-refractivity contribution in [3.8, 4) is 0 Å². The van der Waals surface area contributed by atoms with Crippen LogP contribution in [-0.4, -0.2) is 22.2 Å². The van der Waals surface area contributed by atoms with E-state index < -0.39 is 11.5 Å². The highest BCUT2D eigenvalue weighted by molar-refractivity contribution is 6.41. The van der Waals surface area contributed by atoms with Gasteiger partial charge in [0.25, 0.3) is 0 Å². The van der Waals surface area contributed by atoms with Crippen LogP contribution in [-0.2, 0) is 6.42 Å². The maximum Gasteiger partial charge on any atom is 0.241 e. The van der Waals surface area contributed by atoms with Gasteiger partial charge in [0.15, 0.2) is 0 Å². The van der Waals surface area contributed by atoms with Crippen molar-refractivity contribution in [3.05, 3.63) is 38.1 Å². The first-order valence-electron chi connectivity index (χ1n) is 3.97. The van der Waals surface area contributed by atoms with Gasteiger partial charge in [0.1, 0.15) is 5.15 Å². The minimum absolute atomic E-state index is 0.000175. The molecule has 0 amide bonds. The molecular formula is C8H7Cl2N3O2. The molecule has 0 saturated carbocycles. The third-order valence-corrected chi connectivity index (χ3v) is 2.28. The summed E-state index contributed by atoms with van der Waals surface area (Å²) in [5.74, 6) is 0. The van der Waals surface area contributed by atoms with Crippen molar-refractivity contribution in [1.29, 1.82) is 5.41 Å². The first kappa shape index (κ1) is 11.9. The summed E-state index contributed by atoms with van der Waals surface area (Å²) < 4.78 is 0. The molecule has 0 aromatic carbocycles. The Morgan fingerprint density at radius 3 is 2.80 bits per heavy atom. The van der Waals surface area contributed by atoms with Gasteiger partial charge in [-0.2, -0.15) is 0 Å². The molecule has 5 nitrogen and oxygen atoms in total. The molecule has 1 N–H and O–H groups in total. The minimum Gasteiger partial charge on any atom is -0.302 e. The number of nitrogens with one attached hydrogen (secondary N) is 1. The van der Waals surface area contributed by atoms with Crippen LogP contribution in [0.1, 0.15) is 5.56 Å². The van der Waals surface area contributed by atoms with E-state index in [1.807, 2.05) is 0 Å². The molecule has 0 bridgehead atoms. The normalized spacial score (nSPS) is 10.0. The van der Waals surface area contributed by atoms with Crippen LogP contribution < -0.4 is 0 Å². The van der Waals surface area contributed by atoms with Gasteiger partial charge >= 0.3 is 0 Å². The van der Waals surface area contributed by atoms with E-state index in [1.165, 1.54) is 6.20 Å². The van der Waals surface area contributed by atoms with Crippen LogP contribution in [0.15, 0.2) is 12.3 Å². The lowest BCUT2D eigenvalue weighted by atomic mass is 10.1. The van der Waals surface area contributed by atoms with Gasteiger partial charge in [-0.3, -0.25) is 10.1 Å². The summed E-state index contributed by atoms with van der Waals surface area (Å²) in [6.45, 7) is -0.472. The zero-order valence-electron chi connectivity index (χ0n) is 7.54. The summed E-state index contributed by atoms with van der Waals surface area (Å²) in [5, 5.41) is 17.9. The SMILES string of the molecule is N=C(Cc1cnc(Cl)c(Cl)c1)C[N+](=O)[O-]. The molecule has 1 aromatic rings. The molecule has 0 aliphatic carbocycles. The van der Waals surface area contributed by atoms with Gasteiger partial charge in [-0.05, 0) is 11.6 Å². The number of aromatic nitrogens is 1. The second kappa shape index (κ2) is 5.04. The Bertz CT molecular complexity index is 409. The summed E-state index contributed by atoms with van der Waals surface area (Å²) in [5.41, 5.74) is 0.636. The quantitative estimate of drug-likeness (QED) is 0.384. The Hall–Kier alpha value is -1.20. The molecule has 1 heterocycles. The van der Waals surface area contributed by atoms with E-state index in [0.29, 0.717) is 5.56 Å². The molecule has 0 aliphatic rings. The van der Waals surface area contributed by atoms with Crippen LogP contribution in [0.2, 0.25) is 10.2 Å². The van der Waals surface area contributed by atoms with Crippen LogP contribution in [0.5, 0.6) is 0 Å². The molecule has 0 aliphatic heterocycles. The van der Waals surface area contributed by atoms with Crippen molar-refractivity contribution < 1.29 is 4.92 Å². The zero-order chi connectivity index (χ0) is 11.4. The fourth-order valence-electron chi connectivity index (χ4n) is 1.02. The van der Waals surface area contributed by atoms with Gasteiger partial charge in [-0.15, -0.1) is 0 Å². The molecule has 1 aromatic heterocycles. The molecule has 0 fully saturated rings. The number of nitrogens with zero attached hydrogens (tertiary/aromatic N) is 2. The summed E-state index contributed by atoms with van der Waals surface area (Å²) in [6.07, 6.45) is 1.60. The maximum absolute atomic E-state index is 10.1. The Morgan fingerprint density at radius 1 is 1.60 bits per heavy atom. The molecule has 0 saturated heterocycles. The van der Waals surface area contributed by atoms with E-state index >= 15 is 0 Å². The average Bonchev–Trinajstić information content (AvgIpc) is 2.10. The molecule has 0 unspecified atom stereocenters. The van der Waals surface area contributed by atoms with E-state index in [0.717, 1.165) is 0 Å². The number of pyridine rings is 1. The molecule has 0 radical (unpaired) electrons. The predicted octanol–water partition coefficient (Wildman–Crippen LogP) is 2.23. The van der Waals surface area contributed by atoms with E-state index in [1.54, 1.807) is 6.07 Å². The summed E-state index contributed by atoms with van der Waals surface area (Å²) in [4.78, 5) is 13.4. The zero-order valence-corrected chi connectivity index (χ0v) is 9.05. The first-order valence-corrected chi connectivity index (χ1v) is 4.72. The van der Waals surface area contributed by atoms with Crippen molar-refractivity contribution in [1.82, 2.24) is 4.98 Å². The summed E-state index contributed by atoms with van der Waals surface area (Å²) in [7, 11) is 0. The molecule has 0 spiro atoms. The van der Waals surface area contributed by atoms with Crippen LogP contribution in [0.25, 0.3) is 0 Å². The van der Waals surface area contributed by atoms with Gasteiger partial charge in [0.05, 0.1) is 10.7 Å². The number of rotatable bonds is 4. The van der Waals surface area contributed by atoms with Gasteiger partial charge in [0, 0.05) is 17.5 Å². The molecule has 7 heteroatoms. The Morgan fingerprint density at radius 2 is 2.27 bits per heavy atom. The fraction of sp³-hybridized carbons (Fsp3) is 0.250. The third kappa shape index (κ3) is 3.81. The molecule has 1 rings (SSSR count). The van der Waals surface area contributed by atoms with Gasteiger partial charge in [-0.25, -0.2) is 4.98 Å². The number of hydrogen-bond acceptors (Lipinski definition) is 4. The topological polar surface area (TPSA) is 79.9 Å². The van der Waals surface area contributed by atoms with Crippen molar-refractivity contribution in [2.75, 3.05) is 6.54 Å². The molecule has 15 heavy (non-hydrogen) atoms. The van der Waals surface area contributed by atoms with Crippen molar-refractivity contribution >= 4 is 28.9 Å². The van der Waals surface area contributed by atoms with Crippen LogP contribution in [0, 0.1) is 15.5 Å². The van der Waals surface area contributed by atoms with Gasteiger partial charge in [0.2, 0.25) is 6.54 Å². The van der Waals surface area contributed by atoms with Gasteiger partial charge in [-0.1, -0.05) is 23.2 Å². The minimum atomic E-state index is -0.548. The van der Waals surface area contributed by atoms with E-state index in [9.17, 15) is 10.1 Å². The summed E-state index contributed by atoms with van der Waals surface area (Å²) in [6, 6.07) is 1.55. The van der Waals surface area contributed by atoms with Crippen LogP contribution >= 0.6 is 23.2 Å². The lowest BCUT2D eigenvalue weighted by Crippen LogP contribution is -2.15. The smallest absolute Gasteiger partial charge is 0.241 e. The van der Waals surface area contributed by atoms with Crippen LogP contribution in [0.3, 0.4) is 0 Å². The Kier molecular flexibility index (Phi) is 3.99. The molecular weight excluding hydrogens is 241 g/mol. The van der Waals surface area contributed by atoms with E-state index in [2.05, 4.69) is 4.98 Å². The number of nitro groups is 1. The highest BCUT2D eigenvalue weighted by atomic mass is 35.5. The largest absolute Gasteiger partial charge is 0.302 e. The van der Waals surface area contributed by atoms with Crippen molar-refractivity contribution in [2.24, 2.45) is 0 Å². The number of halogens is 2. The Labute approximate surface area is 95.7 Å².